The minimum atomic E-state index is -0.310. The minimum absolute atomic E-state index is 0.174. The van der Waals surface area contributed by atoms with Gasteiger partial charge < -0.3 is 9.72 Å². The SMILES string of the molecule is COc1cccc(Cc2c[nH]c3ncc(C4C=CC=CC(C)=C4)cc23)c1F. The lowest BCUT2D eigenvalue weighted by Gasteiger charge is -2.10. The van der Waals surface area contributed by atoms with Gasteiger partial charge in [0.2, 0.25) is 0 Å². The number of H-pyrrole nitrogens is 1. The quantitative estimate of drug-likeness (QED) is 0.671. The standard InChI is InChI=1S/C23H21FN2O/c1-15-6-3-4-7-16(10-15)18-12-20-19(14-26-23(20)25-13-18)11-17-8-5-9-21(27-2)22(17)24/h3-10,12-14,16H,11H2,1-2H3,(H,25,26). The predicted octanol–water partition coefficient (Wildman–Crippen LogP) is 5.46. The van der Waals surface area contributed by atoms with Crippen LogP contribution in [0.2, 0.25) is 0 Å². The molecule has 4 rings (SSSR count). The molecule has 0 saturated heterocycles. The van der Waals surface area contributed by atoms with Crippen molar-refractivity contribution in [1.29, 1.82) is 0 Å². The van der Waals surface area contributed by atoms with Gasteiger partial charge in [-0.25, -0.2) is 9.37 Å². The van der Waals surface area contributed by atoms with Gasteiger partial charge in [0, 0.05) is 30.1 Å². The van der Waals surface area contributed by atoms with Crippen LogP contribution in [0.5, 0.6) is 5.75 Å². The molecule has 0 aliphatic heterocycles. The molecule has 0 saturated carbocycles. The number of pyridine rings is 1. The molecule has 1 aliphatic rings. The van der Waals surface area contributed by atoms with E-state index in [2.05, 4.69) is 47.3 Å². The normalized spacial score (nSPS) is 16.4. The molecule has 0 radical (unpaired) electrons. The second-order valence-corrected chi connectivity index (χ2v) is 6.77. The van der Waals surface area contributed by atoms with Gasteiger partial charge in [-0.15, -0.1) is 0 Å². The summed E-state index contributed by atoms with van der Waals surface area (Å²) in [6.07, 6.45) is 14.9. The summed E-state index contributed by atoms with van der Waals surface area (Å²) >= 11 is 0. The predicted molar refractivity (Wildman–Crippen MR) is 107 cm³/mol. The fraction of sp³-hybridized carbons (Fsp3) is 0.174. The average Bonchev–Trinajstić information content (AvgIpc) is 2.94. The van der Waals surface area contributed by atoms with Crippen molar-refractivity contribution in [2.24, 2.45) is 0 Å². The number of fused-ring (bicyclic) bond motifs is 1. The molecule has 2 aromatic heterocycles. The first-order chi connectivity index (χ1) is 13.2. The lowest BCUT2D eigenvalue weighted by molar-refractivity contribution is 0.384. The summed E-state index contributed by atoms with van der Waals surface area (Å²) in [5.74, 6) is 0.130. The van der Waals surface area contributed by atoms with E-state index in [4.69, 9.17) is 4.74 Å². The Hall–Kier alpha value is -3.14. The van der Waals surface area contributed by atoms with Crippen molar-refractivity contribution in [3.8, 4) is 5.75 Å². The van der Waals surface area contributed by atoms with Gasteiger partial charge in [0.25, 0.3) is 0 Å². The Morgan fingerprint density at radius 3 is 2.96 bits per heavy atom. The van der Waals surface area contributed by atoms with E-state index in [-0.39, 0.29) is 17.5 Å². The number of hydrogen-bond donors (Lipinski definition) is 1. The Labute approximate surface area is 157 Å². The third kappa shape index (κ3) is 3.43. The van der Waals surface area contributed by atoms with Gasteiger partial charge in [0.1, 0.15) is 5.65 Å². The minimum Gasteiger partial charge on any atom is -0.494 e. The molecule has 1 atom stereocenters. The van der Waals surface area contributed by atoms with Crippen LogP contribution >= 0.6 is 0 Å². The van der Waals surface area contributed by atoms with Crippen molar-refractivity contribution in [2.45, 2.75) is 19.3 Å². The van der Waals surface area contributed by atoms with Crippen LogP contribution in [0.25, 0.3) is 11.0 Å². The molecule has 136 valence electrons. The van der Waals surface area contributed by atoms with E-state index >= 15 is 0 Å². The van der Waals surface area contributed by atoms with Crippen LogP contribution in [-0.4, -0.2) is 17.1 Å². The molecule has 4 heteroatoms. The zero-order chi connectivity index (χ0) is 18.8. The molecule has 0 spiro atoms. The summed E-state index contributed by atoms with van der Waals surface area (Å²) in [6, 6.07) is 7.39. The third-order valence-electron chi connectivity index (χ3n) is 4.90. The van der Waals surface area contributed by atoms with Gasteiger partial charge in [-0.1, -0.05) is 48.1 Å². The highest BCUT2D eigenvalue weighted by Gasteiger charge is 2.14. The number of halogens is 1. The van der Waals surface area contributed by atoms with Crippen LogP contribution in [0.4, 0.5) is 4.39 Å². The number of hydrogen-bond acceptors (Lipinski definition) is 2. The smallest absolute Gasteiger partial charge is 0.168 e. The molecule has 2 heterocycles. The average molecular weight is 360 g/mol. The molecular weight excluding hydrogens is 339 g/mol. The molecule has 3 aromatic rings. The highest BCUT2D eigenvalue weighted by atomic mass is 19.1. The van der Waals surface area contributed by atoms with E-state index in [1.807, 2.05) is 24.5 Å². The molecule has 1 aliphatic carbocycles. The summed E-state index contributed by atoms with van der Waals surface area (Å²) < 4.78 is 19.6. The van der Waals surface area contributed by atoms with Gasteiger partial charge >= 0.3 is 0 Å². The highest BCUT2D eigenvalue weighted by Crippen LogP contribution is 2.29. The van der Waals surface area contributed by atoms with Crippen LogP contribution < -0.4 is 4.74 Å². The molecule has 1 aromatic carbocycles. The molecule has 1 unspecified atom stereocenters. The molecule has 0 fully saturated rings. The Balaban J connectivity index is 1.72. The third-order valence-corrected chi connectivity index (χ3v) is 4.90. The molecule has 3 nitrogen and oxygen atoms in total. The first-order valence-electron chi connectivity index (χ1n) is 8.96. The van der Waals surface area contributed by atoms with Crippen LogP contribution in [0.3, 0.4) is 0 Å². The van der Waals surface area contributed by atoms with Crippen LogP contribution in [0.1, 0.15) is 29.5 Å². The van der Waals surface area contributed by atoms with Crippen molar-refractivity contribution in [3.63, 3.8) is 0 Å². The lowest BCUT2D eigenvalue weighted by atomic mass is 9.96. The Morgan fingerprint density at radius 2 is 2.11 bits per heavy atom. The van der Waals surface area contributed by atoms with Crippen molar-refractivity contribution in [1.82, 2.24) is 9.97 Å². The molecule has 1 N–H and O–H groups in total. The summed E-state index contributed by atoms with van der Waals surface area (Å²) in [5, 5.41) is 1.02. The summed E-state index contributed by atoms with van der Waals surface area (Å²) in [6.45, 7) is 2.09. The van der Waals surface area contributed by atoms with E-state index in [0.717, 1.165) is 22.2 Å². The second-order valence-electron chi connectivity index (χ2n) is 6.77. The monoisotopic (exact) mass is 360 g/mol. The van der Waals surface area contributed by atoms with Crippen molar-refractivity contribution in [2.75, 3.05) is 7.11 Å². The first kappa shape index (κ1) is 17.3. The van der Waals surface area contributed by atoms with E-state index < -0.39 is 0 Å². The van der Waals surface area contributed by atoms with Crippen molar-refractivity contribution < 1.29 is 9.13 Å². The number of nitrogens with one attached hydrogen (secondary N) is 1. The topological polar surface area (TPSA) is 37.9 Å². The van der Waals surface area contributed by atoms with Gasteiger partial charge in [-0.2, -0.15) is 0 Å². The number of aromatic amines is 1. The van der Waals surface area contributed by atoms with Gasteiger partial charge in [-0.3, -0.25) is 0 Å². The number of methoxy groups -OCH3 is 1. The maximum absolute atomic E-state index is 14.5. The summed E-state index contributed by atoms with van der Waals surface area (Å²) in [5.41, 5.74) is 4.78. The van der Waals surface area contributed by atoms with Crippen LogP contribution in [-0.2, 0) is 6.42 Å². The lowest BCUT2D eigenvalue weighted by Crippen LogP contribution is -1.97. The van der Waals surface area contributed by atoms with Gasteiger partial charge in [0.05, 0.1) is 7.11 Å². The highest BCUT2D eigenvalue weighted by molar-refractivity contribution is 5.81. The van der Waals surface area contributed by atoms with E-state index in [1.54, 1.807) is 12.1 Å². The Kier molecular flexibility index (Phi) is 4.63. The second kappa shape index (κ2) is 7.23. The van der Waals surface area contributed by atoms with Crippen molar-refractivity contribution >= 4 is 11.0 Å². The zero-order valence-electron chi connectivity index (χ0n) is 15.4. The Morgan fingerprint density at radius 1 is 1.22 bits per heavy atom. The number of allylic oxidation sites excluding steroid dienone is 6. The number of benzene rings is 1. The molecular formula is C23H21FN2O. The van der Waals surface area contributed by atoms with E-state index in [1.165, 1.54) is 12.7 Å². The number of ether oxygens (including phenoxy) is 1. The number of aromatic nitrogens is 2. The Bertz CT molecular complexity index is 1080. The number of rotatable bonds is 4. The number of nitrogens with zero attached hydrogens (tertiary/aromatic N) is 1. The molecule has 0 amide bonds. The van der Waals surface area contributed by atoms with Gasteiger partial charge in [-0.05, 0) is 35.7 Å². The summed E-state index contributed by atoms with van der Waals surface area (Å²) in [4.78, 5) is 7.77. The van der Waals surface area contributed by atoms with E-state index in [9.17, 15) is 4.39 Å². The molecule has 0 bridgehead atoms. The largest absolute Gasteiger partial charge is 0.494 e. The van der Waals surface area contributed by atoms with Crippen molar-refractivity contribution in [3.05, 3.63) is 95.1 Å². The molecule has 27 heavy (non-hydrogen) atoms. The summed E-state index contributed by atoms with van der Waals surface area (Å²) in [7, 11) is 1.48. The van der Waals surface area contributed by atoms with E-state index in [0.29, 0.717) is 12.0 Å². The maximum atomic E-state index is 14.5. The first-order valence-corrected chi connectivity index (χ1v) is 8.96. The van der Waals surface area contributed by atoms with Crippen LogP contribution in [0.15, 0.2) is 72.6 Å². The zero-order valence-corrected chi connectivity index (χ0v) is 15.4. The van der Waals surface area contributed by atoms with Gasteiger partial charge in [0.15, 0.2) is 11.6 Å². The fourth-order valence-corrected chi connectivity index (χ4v) is 3.45. The maximum Gasteiger partial charge on any atom is 0.168 e. The fourth-order valence-electron chi connectivity index (χ4n) is 3.45. The van der Waals surface area contributed by atoms with Crippen LogP contribution in [0, 0.1) is 5.82 Å².